The highest BCUT2D eigenvalue weighted by Crippen LogP contribution is 2.25. The third-order valence-corrected chi connectivity index (χ3v) is 3.83. The van der Waals surface area contributed by atoms with Crippen LogP contribution in [0.3, 0.4) is 0 Å². The van der Waals surface area contributed by atoms with Crippen LogP contribution in [0.1, 0.15) is 11.5 Å². The van der Waals surface area contributed by atoms with Gasteiger partial charge >= 0.3 is 0 Å². The predicted octanol–water partition coefficient (Wildman–Crippen LogP) is 2.92. The second-order valence-corrected chi connectivity index (χ2v) is 4.93. The number of pyridine rings is 1. The minimum absolute atomic E-state index is 0.411. The van der Waals surface area contributed by atoms with Crippen molar-refractivity contribution >= 4 is 11.8 Å². The Balaban J connectivity index is 1.97. The molecule has 1 aromatic carbocycles. The first-order valence-electron chi connectivity index (χ1n) is 5.68. The quantitative estimate of drug-likeness (QED) is 0.822. The zero-order valence-electron chi connectivity index (χ0n) is 9.62. The van der Waals surface area contributed by atoms with E-state index >= 15 is 0 Å². The van der Waals surface area contributed by atoms with Crippen LogP contribution in [-0.4, -0.2) is 17.3 Å². The van der Waals surface area contributed by atoms with Crippen LogP contribution in [0.25, 0.3) is 0 Å². The van der Waals surface area contributed by atoms with Gasteiger partial charge in [-0.1, -0.05) is 30.3 Å². The molecule has 0 fully saturated rings. The van der Waals surface area contributed by atoms with Gasteiger partial charge in [-0.05, 0) is 24.2 Å². The Morgan fingerprint density at radius 2 is 1.76 bits per heavy atom. The van der Waals surface area contributed by atoms with E-state index in [-0.39, 0.29) is 0 Å². The molecule has 0 saturated carbocycles. The first-order valence-corrected chi connectivity index (χ1v) is 6.66. The molecule has 88 valence electrons. The van der Waals surface area contributed by atoms with Crippen LogP contribution in [0.15, 0.2) is 59.8 Å². The van der Waals surface area contributed by atoms with Crippen LogP contribution in [0.4, 0.5) is 0 Å². The predicted molar refractivity (Wildman–Crippen MR) is 73.2 cm³/mol. The van der Waals surface area contributed by atoms with Crippen LogP contribution >= 0.6 is 11.8 Å². The first-order chi connectivity index (χ1) is 8.40. The van der Waals surface area contributed by atoms with Gasteiger partial charge in [-0.25, -0.2) is 0 Å². The van der Waals surface area contributed by atoms with E-state index in [0.717, 1.165) is 5.75 Å². The van der Waals surface area contributed by atoms with Crippen LogP contribution in [0, 0.1) is 0 Å². The second kappa shape index (κ2) is 6.42. The van der Waals surface area contributed by atoms with Crippen LogP contribution in [-0.2, 0) is 0 Å². The van der Waals surface area contributed by atoms with Gasteiger partial charge < -0.3 is 5.73 Å². The summed E-state index contributed by atoms with van der Waals surface area (Å²) in [6.45, 7) is 0.683. The lowest BCUT2D eigenvalue weighted by Crippen LogP contribution is -2.14. The zero-order chi connectivity index (χ0) is 11.9. The maximum absolute atomic E-state index is 5.84. The summed E-state index contributed by atoms with van der Waals surface area (Å²) >= 11 is 1.83. The third kappa shape index (κ3) is 3.58. The van der Waals surface area contributed by atoms with Gasteiger partial charge in [0.1, 0.15) is 0 Å². The highest BCUT2D eigenvalue weighted by atomic mass is 32.2. The largest absolute Gasteiger partial charge is 0.330 e. The number of hydrogen-bond acceptors (Lipinski definition) is 3. The molecule has 0 aliphatic heterocycles. The highest BCUT2D eigenvalue weighted by molar-refractivity contribution is 7.99. The molecule has 1 atom stereocenters. The summed E-state index contributed by atoms with van der Waals surface area (Å²) in [6, 6.07) is 14.5. The number of benzene rings is 1. The average molecular weight is 244 g/mol. The van der Waals surface area contributed by atoms with Crippen molar-refractivity contribution in [3.8, 4) is 0 Å². The Morgan fingerprint density at radius 1 is 1.06 bits per heavy atom. The Kier molecular flexibility index (Phi) is 4.59. The SMILES string of the molecule is NCC(CSc1ccncc1)c1ccccc1. The molecular formula is C14H16N2S. The van der Waals surface area contributed by atoms with Crippen molar-refractivity contribution in [3.63, 3.8) is 0 Å². The summed E-state index contributed by atoms with van der Waals surface area (Å²) in [6.07, 6.45) is 3.64. The molecule has 0 spiro atoms. The fourth-order valence-electron chi connectivity index (χ4n) is 1.66. The monoisotopic (exact) mass is 244 g/mol. The van der Waals surface area contributed by atoms with E-state index in [1.54, 1.807) is 0 Å². The van der Waals surface area contributed by atoms with Crippen LogP contribution in [0.5, 0.6) is 0 Å². The molecule has 1 unspecified atom stereocenters. The number of rotatable bonds is 5. The van der Waals surface area contributed by atoms with Crippen molar-refractivity contribution in [1.29, 1.82) is 0 Å². The maximum atomic E-state index is 5.84. The highest BCUT2D eigenvalue weighted by Gasteiger charge is 2.09. The Bertz CT molecular complexity index is 430. The summed E-state index contributed by atoms with van der Waals surface area (Å²) in [5.74, 6) is 1.42. The Hall–Kier alpha value is -1.32. The minimum atomic E-state index is 0.411. The third-order valence-electron chi connectivity index (χ3n) is 2.66. The van der Waals surface area contributed by atoms with E-state index in [2.05, 4.69) is 29.2 Å². The zero-order valence-corrected chi connectivity index (χ0v) is 10.4. The van der Waals surface area contributed by atoms with Gasteiger partial charge in [-0.15, -0.1) is 11.8 Å². The molecule has 2 nitrogen and oxygen atoms in total. The van der Waals surface area contributed by atoms with E-state index in [1.165, 1.54) is 10.5 Å². The molecule has 3 heteroatoms. The summed E-state index contributed by atoms with van der Waals surface area (Å²) in [5, 5.41) is 0. The molecule has 1 heterocycles. The molecule has 0 aliphatic rings. The maximum Gasteiger partial charge on any atom is 0.0278 e. The lowest BCUT2D eigenvalue weighted by molar-refractivity contribution is 0.785. The van der Waals surface area contributed by atoms with Crippen molar-refractivity contribution in [2.75, 3.05) is 12.3 Å². The normalized spacial score (nSPS) is 12.3. The number of nitrogens with zero attached hydrogens (tertiary/aromatic N) is 1. The minimum Gasteiger partial charge on any atom is -0.330 e. The first kappa shape index (κ1) is 12.1. The van der Waals surface area contributed by atoms with E-state index in [0.29, 0.717) is 12.5 Å². The average Bonchev–Trinajstić information content (AvgIpc) is 2.42. The number of aromatic nitrogens is 1. The molecular weight excluding hydrogens is 228 g/mol. The smallest absolute Gasteiger partial charge is 0.0278 e. The fraction of sp³-hybridized carbons (Fsp3) is 0.214. The molecule has 2 rings (SSSR count). The molecule has 0 aliphatic carbocycles. The van der Waals surface area contributed by atoms with Gasteiger partial charge in [0, 0.05) is 29.0 Å². The topological polar surface area (TPSA) is 38.9 Å². The van der Waals surface area contributed by atoms with Crippen molar-refractivity contribution < 1.29 is 0 Å². The Morgan fingerprint density at radius 3 is 2.41 bits per heavy atom. The van der Waals surface area contributed by atoms with Crippen molar-refractivity contribution in [2.45, 2.75) is 10.8 Å². The summed E-state index contributed by atoms with van der Waals surface area (Å²) in [4.78, 5) is 5.26. The van der Waals surface area contributed by atoms with Gasteiger partial charge in [-0.2, -0.15) is 0 Å². The van der Waals surface area contributed by atoms with Gasteiger partial charge in [0.15, 0.2) is 0 Å². The van der Waals surface area contributed by atoms with E-state index in [4.69, 9.17) is 5.73 Å². The summed E-state index contributed by atoms with van der Waals surface area (Å²) < 4.78 is 0. The lowest BCUT2D eigenvalue weighted by atomic mass is 10.0. The van der Waals surface area contributed by atoms with Gasteiger partial charge in [-0.3, -0.25) is 4.98 Å². The molecule has 0 saturated heterocycles. The van der Waals surface area contributed by atoms with E-state index < -0.39 is 0 Å². The van der Waals surface area contributed by atoms with Crippen molar-refractivity contribution in [3.05, 3.63) is 60.4 Å². The number of thioether (sulfide) groups is 1. The standard InChI is InChI=1S/C14H16N2S/c15-10-13(12-4-2-1-3-5-12)11-17-14-6-8-16-9-7-14/h1-9,13H,10-11,15H2. The van der Waals surface area contributed by atoms with Crippen LogP contribution in [0.2, 0.25) is 0 Å². The van der Waals surface area contributed by atoms with Crippen molar-refractivity contribution in [2.24, 2.45) is 5.73 Å². The van der Waals surface area contributed by atoms with E-state index in [9.17, 15) is 0 Å². The number of hydrogen-bond donors (Lipinski definition) is 1. The second-order valence-electron chi connectivity index (χ2n) is 3.84. The van der Waals surface area contributed by atoms with Crippen LogP contribution < -0.4 is 5.73 Å². The molecule has 2 N–H and O–H groups in total. The van der Waals surface area contributed by atoms with Gasteiger partial charge in [0.25, 0.3) is 0 Å². The van der Waals surface area contributed by atoms with Gasteiger partial charge in [0.05, 0.1) is 0 Å². The molecule has 2 aromatic rings. The fourth-order valence-corrected chi connectivity index (χ4v) is 2.69. The van der Waals surface area contributed by atoms with Crippen molar-refractivity contribution in [1.82, 2.24) is 4.98 Å². The molecule has 0 bridgehead atoms. The molecule has 17 heavy (non-hydrogen) atoms. The van der Waals surface area contributed by atoms with E-state index in [1.807, 2.05) is 42.4 Å². The molecule has 0 radical (unpaired) electrons. The molecule has 0 amide bonds. The lowest BCUT2D eigenvalue weighted by Gasteiger charge is -2.14. The van der Waals surface area contributed by atoms with Gasteiger partial charge in [0.2, 0.25) is 0 Å². The number of nitrogens with two attached hydrogens (primary N) is 1. The summed E-state index contributed by atoms with van der Waals surface area (Å²) in [5.41, 5.74) is 7.16. The Labute approximate surface area is 106 Å². The summed E-state index contributed by atoms with van der Waals surface area (Å²) in [7, 11) is 0. The molecule has 1 aromatic heterocycles.